The summed E-state index contributed by atoms with van der Waals surface area (Å²) < 4.78 is 2.21. The second kappa shape index (κ2) is 7.83. The molecule has 0 N–H and O–H groups in total. The van der Waals surface area contributed by atoms with Crippen LogP contribution in [0.3, 0.4) is 0 Å². The molecule has 1 saturated heterocycles. The number of nitrogens with zero attached hydrogens (tertiary/aromatic N) is 3. The smallest absolute Gasteiger partial charge is 0.224 e. The van der Waals surface area contributed by atoms with Crippen molar-refractivity contribution in [3.8, 4) is 0 Å². The highest BCUT2D eigenvalue weighted by Gasteiger charge is 2.35. The molecule has 0 bridgehead atoms. The number of hydrogen-bond acceptors (Lipinski definition) is 2. The predicted molar refractivity (Wildman–Crippen MR) is 106 cm³/mol. The monoisotopic (exact) mass is 353 g/mol. The molecule has 0 radical (unpaired) electrons. The quantitative estimate of drug-likeness (QED) is 0.816. The number of benzene rings is 1. The summed E-state index contributed by atoms with van der Waals surface area (Å²) in [6.07, 6.45) is 10.3. The van der Waals surface area contributed by atoms with Gasteiger partial charge in [0.15, 0.2) is 0 Å². The maximum atomic E-state index is 12.9. The molecule has 2 atom stereocenters. The predicted octanol–water partition coefficient (Wildman–Crippen LogP) is 3.90. The Labute approximate surface area is 156 Å². The van der Waals surface area contributed by atoms with E-state index in [1.54, 1.807) is 0 Å². The van der Waals surface area contributed by atoms with E-state index in [1.165, 1.54) is 56.1 Å². The van der Waals surface area contributed by atoms with Gasteiger partial charge in [-0.15, -0.1) is 0 Å². The van der Waals surface area contributed by atoms with Crippen molar-refractivity contribution in [3.05, 3.63) is 36.5 Å². The largest absolute Gasteiger partial charge is 0.347 e. The van der Waals surface area contributed by atoms with Gasteiger partial charge in [0.05, 0.1) is 0 Å². The first-order valence-electron chi connectivity index (χ1n) is 10.3. The SMILES string of the molecule is CN(C(=O)CCn1ccc2ccccc21)C1CCCCC1N1CCCC1. The van der Waals surface area contributed by atoms with Gasteiger partial charge in [-0.3, -0.25) is 9.69 Å². The number of hydrogen-bond donors (Lipinski definition) is 0. The summed E-state index contributed by atoms with van der Waals surface area (Å²) in [5.41, 5.74) is 1.22. The highest BCUT2D eigenvalue weighted by Crippen LogP contribution is 2.29. The third-order valence-electron chi connectivity index (χ3n) is 6.44. The Morgan fingerprint density at radius 3 is 2.69 bits per heavy atom. The zero-order valence-corrected chi connectivity index (χ0v) is 15.9. The highest BCUT2D eigenvalue weighted by molar-refractivity contribution is 5.80. The number of likely N-dealkylation sites (tertiary alicyclic amines) is 1. The molecule has 0 spiro atoms. The lowest BCUT2D eigenvalue weighted by molar-refractivity contribution is -0.134. The van der Waals surface area contributed by atoms with Crippen molar-refractivity contribution >= 4 is 16.8 Å². The number of likely N-dealkylation sites (N-methyl/N-ethyl adjacent to an activating group) is 1. The summed E-state index contributed by atoms with van der Waals surface area (Å²) in [6.45, 7) is 3.20. The van der Waals surface area contributed by atoms with Gasteiger partial charge in [0.2, 0.25) is 5.91 Å². The first kappa shape index (κ1) is 17.6. The van der Waals surface area contributed by atoms with Crippen LogP contribution in [0.5, 0.6) is 0 Å². The molecule has 2 heterocycles. The first-order valence-corrected chi connectivity index (χ1v) is 10.3. The second-order valence-electron chi connectivity index (χ2n) is 7.98. The van der Waals surface area contributed by atoms with Crippen LogP contribution in [-0.4, -0.2) is 52.5 Å². The van der Waals surface area contributed by atoms with Gasteiger partial charge in [-0.25, -0.2) is 0 Å². The number of carbonyl (C=O) groups excluding carboxylic acids is 1. The molecule has 1 aromatic heterocycles. The normalized spacial score (nSPS) is 24.2. The molecule has 26 heavy (non-hydrogen) atoms. The van der Waals surface area contributed by atoms with Crippen molar-refractivity contribution in [2.24, 2.45) is 0 Å². The van der Waals surface area contributed by atoms with Crippen LogP contribution in [0.25, 0.3) is 10.9 Å². The molecule has 4 nitrogen and oxygen atoms in total. The lowest BCUT2D eigenvalue weighted by Gasteiger charge is -2.42. The second-order valence-corrected chi connectivity index (χ2v) is 7.98. The Hall–Kier alpha value is -1.81. The lowest BCUT2D eigenvalue weighted by atomic mass is 9.88. The number of amides is 1. The number of carbonyl (C=O) groups is 1. The number of rotatable bonds is 5. The lowest BCUT2D eigenvalue weighted by Crippen LogP contribution is -2.53. The maximum absolute atomic E-state index is 12.9. The number of aromatic nitrogens is 1. The molecular formula is C22H31N3O. The van der Waals surface area contributed by atoms with Crippen LogP contribution in [-0.2, 0) is 11.3 Å². The molecule has 1 saturated carbocycles. The fourth-order valence-corrected chi connectivity index (χ4v) is 4.96. The van der Waals surface area contributed by atoms with Crippen LogP contribution in [0.1, 0.15) is 44.9 Å². The van der Waals surface area contributed by atoms with Crippen molar-refractivity contribution in [2.75, 3.05) is 20.1 Å². The van der Waals surface area contributed by atoms with Crippen LogP contribution < -0.4 is 0 Å². The van der Waals surface area contributed by atoms with Crippen LogP contribution in [0.15, 0.2) is 36.5 Å². The molecule has 1 amide bonds. The van der Waals surface area contributed by atoms with Crippen molar-refractivity contribution < 1.29 is 4.79 Å². The van der Waals surface area contributed by atoms with Crippen molar-refractivity contribution in [3.63, 3.8) is 0 Å². The van der Waals surface area contributed by atoms with Gasteiger partial charge in [0.25, 0.3) is 0 Å². The molecular weight excluding hydrogens is 322 g/mol. The zero-order valence-electron chi connectivity index (χ0n) is 15.9. The van der Waals surface area contributed by atoms with Gasteiger partial charge >= 0.3 is 0 Å². The molecule has 140 valence electrons. The number of para-hydroxylation sites is 1. The Kier molecular flexibility index (Phi) is 5.30. The maximum Gasteiger partial charge on any atom is 0.224 e. The summed E-state index contributed by atoms with van der Waals surface area (Å²) in [5.74, 6) is 0.291. The fraction of sp³-hybridized carbons (Fsp3) is 0.591. The Bertz CT molecular complexity index is 747. The summed E-state index contributed by atoms with van der Waals surface area (Å²) in [5, 5.41) is 1.25. The Balaban J connectivity index is 1.40. The first-order chi connectivity index (χ1) is 12.7. The van der Waals surface area contributed by atoms with E-state index < -0.39 is 0 Å². The molecule has 1 aliphatic heterocycles. The summed E-state index contributed by atoms with van der Waals surface area (Å²) >= 11 is 0. The highest BCUT2D eigenvalue weighted by atomic mass is 16.2. The summed E-state index contributed by atoms with van der Waals surface area (Å²) in [7, 11) is 2.04. The van der Waals surface area contributed by atoms with E-state index in [4.69, 9.17) is 0 Å². The molecule has 1 aliphatic carbocycles. The molecule has 4 heteroatoms. The minimum atomic E-state index is 0.291. The van der Waals surface area contributed by atoms with E-state index in [1.807, 2.05) is 7.05 Å². The van der Waals surface area contributed by atoms with Gasteiger partial charge in [-0.05, 0) is 56.3 Å². The standard InChI is InChI=1S/C22H31N3O/c1-23(20-10-4-5-11-21(20)24-14-6-7-15-24)22(26)13-17-25-16-12-18-8-2-3-9-19(18)25/h2-3,8-9,12,16,20-21H,4-7,10-11,13-15,17H2,1H3. The van der Waals surface area contributed by atoms with E-state index >= 15 is 0 Å². The van der Waals surface area contributed by atoms with Gasteiger partial charge < -0.3 is 9.47 Å². The number of aryl methyl sites for hydroxylation is 1. The van der Waals surface area contributed by atoms with Gasteiger partial charge in [0, 0.05) is 43.8 Å². The average Bonchev–Trinajstić information content (AvgIpc) is 3.35. The van der Waals surface area contributed by atoms with Crippen molar-refractivity contribution in [1.82, 2.24) is 14.4 Å². The zero-order chi connectivity index (χ0) is 17.9. The van der Waals surface area contributed by atoms with E-state index in [0.29, 0.717) is 24.4 Å². The molecule has 4 rings (SSSR count). The molecule has 2 fully saturated rings. The van der Waals surface area contributed by atoms with Crippen LogP contribution in [0.2, 0.25) is 0 Å². The Morgan fingerprint density at radius 2 is 1.85 bits per heavy atom. The molecule has 1 aromatic carbocycles. The van der Waals surface area contributed by atoms with Crippen LogP contribution in [0.4, 0.5) is 0 Å². The fourth-order valence-electron chi connectivity index (χ4n) is 4.96. The third kappa shape index (κ3) is 3.52. The van der Waals surface area contributed by atoms with Crippen LogP contribution in [0, 0.1) is 0 Å². The van der Waals surface area contributed by atoms with Gasteiger partial charge in [-0.1, -0.05) is 31.0 Å². The minimum absolute atomic E-state index is 0.291. The van der Waals surface area contributed by atoms with E-state index in [2.05, 4.69) is 50.9 Å². The minimum Gasteiger partial charge on any atom is -0.347 e. The topological polar surface area (TPSA) is 28.5 Å². The Morgan fingerprint density at radius 1 is 1.08 bits per heavy atom. The van der Waals surface area contributed by atoms with Crippen molar-refractivity contribution in [2.45, 2.75) is 63.6 Å². The van der Waals surface area contributed by atoms with Crippen LogP contribution >= 0.6 is 0 Å². The summed E-state index contributed by atoms with van der Waals surface area (Å²) in [6, 6.07) is 11.5. The summed E-state index contributed by atoms with van der Waals surface area (Å²) in [4.78, 5) is 17.7. The van der Waals surface area contributed by atoms with E-state index in [9.17, 15) is 4.79 Å². The third-order valence-corrected chi connectivity index (χ3v) is 6.44. The molecule has 2 unspecified atom stereocenters. The van der Waals surface area contributed by atoms with Crippen molar-refractivity contribution in [1.29, 1.82) is 0 Å². The van der Waals surface area contributed by atoms with Gasteiger partial charge in [0.1, 0.15) is 0 Å². The van der Waals surface area contributed by atoms with E-state index in [-0.39, 0.29) is 0 Å². The number of fused-ring (bicyclic) bond motifs is 1. The van der Waals surface area contributed by atoms with E-state index in [0.717, 1.165) is 13.0 Å². The van der Waals surface area contributed by atoms with Gasteiger partial charge in [-0.2, -0.15) is 0 Å². The molecule has 2 aliphatic rings. The molecule has 2 aromatic rings. The average molecular weight is 354 g/mol.